The highest BCUT2D eigenvalue weighted by atomic mass is 32.1. The molecule has 2 aromatic heterocycles. The fourth-order valence-electron chi connectivity index (χ4n) is 5.46. The van der Waals surface area contributed by atoms with E-state index in [0.29, 0.717) is 12.1 Å². The van der Waals surface area contributed by atoms with Crippen LogP contribution in [0.3, 0.4) is 0 Å². The standard InChI is InChI=1S/C38H32N4O3S2/c1-3-42(19-20-43)30-11-9-26(10-12-30)35-17-15-31(46-35)13-14-32-21-27(25-44)36(47-32)18-16-34-33(24-41)37(28(22-39)23-40)45-38(34,2)29-7-5-4-6-8-29/h4-18,21,43-44H,3,19-20,25H2,1-2H3/b14-13+,18-16+. The van der Waals surface area contributed by atoms with Gasteiger partial charge in [-0.2, -0.15) is 15.8 Å². The first-order valence-electron chi connectivity index (χ1n) is 15.0. The monoisotopic (exact) mass is 656 g/mol. The maximum absolute atomic E-state index is 10.2. The maximum atomic E-state index is 10.2. The molecule has 7 nitrogen and oxygen atoms in total. The van der Waals surface area contributed by atoms with Crippen molar-refractivity contribution in [3.8, 4) is 28.6 Å². The molecular weight excluding hydrogens is 625 g/mol. The summed E-state index contributed by atoms with van der Waals surface area (Å²) < 4.78 is 6.22. The molecule has 0 fully saturated rings. The molecule has 0 saturated carbocycles. The van der Waals surface area contributed by atoms with E-state index >= 15 is 0 Å². The highest BCUT2D eigenvalue weighted by molar-refractivity contribution is 7.16. The Morgan fingerprint density at radius 3 is 2.26 bits per heavy atom. The number of anilines is 1. The van der Waals surface area contributed by atoms with Crippen molar-refractivity contribution in [2.75, 3.05) is 24.6 Å². The van der Waals surface area contributed by atoms with Crippen molar-refractivity contribution in [2.24, 2.45) is 0 Å². The zero-order valence-electron chi connectivity index (χ0n) is 26.0. The number of benzene rings is 2. The summed E-state index contributed by atoms with van der Waals surface area (Å²) in [7, 11) is 0. The Balaban J connectivity index is 1.41. The van der Waals surface area contributed by atoms with Crippen molar-refractivity contribution in [1.82, 2.24) is 0 Å². The van der Waals surface area contributed by atoms with Gasteiger partial charge in [-0.25, -0.2) is 0 Å². The summed E-state index contributed by atoms with van der Waals surface area (Å²) in [5, 5.41) is 48.7. The second kappa shape index (κ2) is 14.9. The number of hydrogen-bond acceptors (Lipinski definition) is 9. The van der Waals surface area contributed by atoms with E-state index in [4.69, 9.17) is 4.74 Å². The molecule has 47 heavy (non-hydrogen) atoms. The molecule has 1 atom stereocenters. The number of aliphatic hydroxyl groups excluding tert-OH is 2. The van der Waals surface area contributed by atoms with E-state index in [2.05, 4.69) is 60.4 Å². The number of nitriles is 3. The van der Waals surface area contributed by atoms with Gasteiger partial charge in [0.2, 0.25) is 0 Å². The maximum Gasteiger partial charge on any atom is 0.172 e. The minimum Gasteiger partial charge on any atom is -0.474 e. The molecule has 234 valence electrons. The molecule has 0 saturated heterocycles. The molecule has 4 aromatic rings. The van der Waals surface area contributed by atoms with E-state index in [1.807, 2.05) is 67.6 Å². The van der Waals surface area contributed by atoms with Gasteiger partial charge in [0.25, 0.3) is 0 Å². The zero-order chi connectivity index (χ0) is 33.4. The van der Waals surface area contributed by atoms with Gasteiger partial charge in [-0.3, -0.25) is 0 Å². The van der Waals surface area contributed by atoms with Gasteiger partial charge in [-0.1, -0.05) is 48.5 Å². The molecule has 1 aliphatic heterocycles. The lowest BCUT2D eigenvalue weighted by Gasteiger charge is -2.27. The lowest BCUT2D eigenvalue weighted by Crippen LogP contribution is -2.25. The third-order valence-electron chi connectivity index (χ3n) is 7.94. The number of allylic oxidation sites excluding steroid dienone is 2. The second-order valence-corrected chi connectivity index (χ2v) is 13.0. The number of nitrogens with zero attached hydrogens (tertiary/aromatic N) is 4. The summed E-state index contributed by atoms with van der Waals surface area (Å²) in [5.41, 5.74) is 3.00. The molecule has 2 N–H and O–H groups in total. The molecule has 0 aliphatic carbocycles. The first-order chi connectivity index (χ1) is 22.9. The van der Waals surface area contributed by atoms with Crippen LogP contribution in [0.15, 0.2) is 101 Å². The van der Waals surface area contributed by atoms with Crippen molar-refractivity contribution < 1.29 is 14.9 Å². The Labute approximate surface area is 282 Å². The fraction of sp³-hybridized carbons (Fsp3) is 0.184. The van der Waals surface area contributed by atoms with Gasteiger partial charge < -0.3 is 19.8 Å². The molecule has 0 spiro atoms. The van der Waals surface area contributed by atoms with Gasteiger partial charge in [0.15, 0.2) is 16.9 Å². The zero-order valence-corrected chi connectivity index (χ0v) is 27.6. The second-order valence-electron chi connectivity index (χ2n) is 10.7. The van der Waals surface area contributed by atoms with Gasteiger partial charge in [0.1, 0.15) is 23.8 Å². The highest BCUT2D eigenvalue weighted by Gasteiger charge is 2.43. The Morgan fingerprint density at radius 1 is 0.894 bits per heavy atom. The minimum absolute atomic E-state index is 0.0309. The summed E-state index contributed by atoms with van der Waals surface area (Å²) in [6, 6.07) is 29.7. The lowest BCUT2D eigenvalue weighted by atomic mass is 9.86. The Hall–Kier alpha value is -5.21. The Kier molecular flexibility index (Phi) is 10.5. The van der Waals surface area contributed by atoms with Crippen molar-refractivity contribution in [1.29, 1.82) is 15.8 Å². The van der Waals surface area contributed by atoms with Gasteiger partial charge >= 0.3 is 0 Å². The van der Waals surface area contributed by atoms with E-state index in [1.54, 1.807) is 17.4 Å². The summed E-state index contributed by atoms with van der Waals surface area (Å²) in [4.78, 5) is 6.15. The van der Waals surface area contributed by atoms with Crippen molar-refractivity contribution in [3.05, 3.63) is 127 Å². The number of ether oxygens (including phenoxy) is 1. The van der Waals surface area contributed by atoms with E-state index in [-0.39, 0.29) is 30.1 Å². The molecule has 0 radical (unpaired) electrons. The molecule has 2 aromatic carbocycles. The van der Waals surface area contributed by atoms with Crippen LogP contribution in [0.25, 0.3) is 28.7 Å². The SMILES string of the molecule is CCN(CCO)c1ccc(-c2ccc(/C=C/c3cc(CO)c(/C=C/C4=C(C#N)C(=C(C#N)C#N)OC4(C)c4ccccc4)s3)s2)cc1. The largest absolute Gasteiger partial charge is 0.474 e. The first-order valence-corrected chi connectivity index (χ1v) is 16.6. The number of hydrogen-bond donors (Lipinski definition) is 2. The van der Waals surface area contributed by atoms with Crippen LogP contribution in [0.2, 0.25) is 0 Å². The van der Waals surface area contributed by atoms with Crippen LogP contribution < -0.4 is 4.90 Å². The van der Waals surface area contributed by atoms with Crippen molar-refractivity contribution in [3.63, 3.8) is 0 Å². The van der Waals surface area contributed by atoms with E-state index in [9.17, 15) is 26.0 Å². The quantitative estimate of drug-likeness (QED) is 0.157. The summed E-state index contributed by atoms with van der Waals surface area (Å²) in [5.74, 6) is -0.0309. The number of aliphatic hydroxyl groups is 2. The number of thiophene rings is 2. The average Bonchev–Trinajstić information content (AvgIpc) is 3.82. The molecule has 5 rings (SSSR count). The Bertz CT molecular complexity index is 1980. The third kappa shape index (κ3) is 6.98. The first kappa shape index (κ1) is 33.2. The molecule has 9 heteroatoms. The van der Waals surface area contributed by atoms with E-state index < -0.39 is 5.60 Å². The molecule has 0 bridgehead atoms. The van der Waals surface area contributed by atoms with Gasteiger partial charge in [0, 0.05) is 43.9 Å². The van der Waals surface area contributed by atoms with Gasteiger partial charge in [-0.05, 0) is 79.1 Å². The van der Waals surface area contributed by atoms with Crippen LogP contribution in [0.1, 0.15) is 39.6 Å². The van der Waals surface area contributed by atoms with E-state index in [1.165, 1.54) is 11.3 Å². The molecule has 1 unspecified atom stereocenters. The van der Waals surface area contributed by atoms with Crippen LogP contribution in [-0.2, 0) is 16.9 Å². The van der Waals surface area contributed by atoms with Crippen LogP contribution in [0.5, 0.6) is 0 Å². The molecule has 1 aliphatic rings. The number of likely N-dealkylation sites (N-methyl/N-ethyl adjacent to an activating group) is 1. The lowest BCUT2D eigenvalue weighted by molar-refractivity contribution is 0.0755. The predicted molar refractivity (Wildman–Crippen MR) is 189 cm³/mol. The van der Waals surface area contributed by atoms with Crippen molar-refractivity contribution in [2.45, 2.75) is 26.1 Å². The fourth-order valence-corrected chi connectivity index (χ4v) is 7.35. The summed E-state index contributed by atoms with van der Waals surface area (Å²) in [6.07, 6.45) is 7.70. The molecular formula is C38H32N4O3S2. The minimum atomic E-state index is -1.11. The van der Waals surface area contributed by atoms with Crippen LogP contribution in [-0.4, -0.2) is 29.9 Å². The number of rotatable bonds is 11. The van der Waals surface area contributed by atoms with Crippen LogP contribution >= 0.6 is 22.7 Å². The highest BCUT2D eigenvalue weighted by Crippen LogP contribution is 2.47. The van der Waals surface area contributed by atoms with Crippen LogP contribution in [0.4, 0.5) is 5.69 Å². The Morgan fingerprint density at radius 2 is 1.62 bits per heavy atom. The van der Waals surface area contributed by atoms with Gasteiger partial charge in [-0.15, -0.1) is 22.7 Å². The predicted octanol–water partition coefficient (Wildman–Crippen LogP) is 8.04. The topological polar surface area (TPSA) is 124 Å². The van der Waals surface area contributed by atoms with E-state index in [0.717, 1.165) is 48.4 Å². The van der Waals surface area contributed by atoms with Gasteiger partial charge in [0.05, 0.1) is 13.2 Å². The summed E-state index contributed by atoms with van der Waals surface area (Å²) >= 11 is 3.19. The van der Waals surface area contributed by atoms with Crippen molar-refractivity contribution >= 4 is 46.6 Å². The third-order valence-corrected chi connectivity index (χ3v) is 10.2. The average molecular weight is 657 g/mol. The summed E-state index contributed by atoms with van der Waals surface area (Å²) in [6.45, 7) is 5.28. The van der Waals surface area contributed by atoms with Crippen LogP contribution in [0, 0.1) is 34.0 Å². The normalized spacial score (nSPS) is 15.9. The smallest absolute Gasteiger partial charge is 0.172 e. The molecule has 0 amide bonds. The molecule has 3 heterocycles.